The summed E-state index contributed by atoms with van der Waals surface area (Å²) in [5, 5.41) is 3.19. The van der Waals surface area contributed by atoms with Crippen molar-refractivity contribution in [3.8, 4) is 17.1 Å². The van der Waals surface area contributed by atoms with Gasteiger partial charge in [-0.05, 0) is 44.2 Å². The first-order valence-electron chi connectivity index (χ1n) is 9.52. The molecule has 0 saturated carbocycles. The molecule has 2 aromatic heterocycles. The molecule has 1 aromatic carbocycles. The minimum absolute atomic E-state index is 0.515. The molecule has 3 aromatic rings. The Labute approximate surface area is 166 Å². The summed E-state index contributed by atoms with van der Waals surface area (Å²) < 4.78 is 5.08. The lowest BCUT2D eigenvalue weighted by Crippen LogP contribution is -2.29. The number of hydrogen-bond acceptors (Lipinski definition) is 6. The summed E-state index contributed by atoms with van der Waals surface area (Å²) in [6.07, 6.45) is 3.46. The second-order valence-corrected chi connectivity index (χ2v) is 6.84. The van der Waals surface area contributed by atoms with Crippen LogP contribution in [-0.2, 0) is 6.54 Å². The molecule has 3 rings (SSSR count). The highest BCUT2D eigenvalue weighted by Gasteiger charge is 2.09. The Kier molecular flexibility index (Phi) is 6.55. The monoisotopic (exact) mass is 377 g/mol. The molecule has 0 aliphatic heterocycles. The molecule has 0 aliphatic carbocycles. The van der Waals surface area contributed by atoms with Gasteiger partial charge in [-0.3, -0.25) is 4.90 Å². The smallest absolute Gasteiger partial charge is 0.227 e. The molecule has 0 radical (unpaired) electrons. The van der Waals surface area contributed by atoms with Gasteiger partial charge in [-0.1, -0.05) is 25.1 Å². The lowest BCUT2D eigenvalue weighted by Gasteiger charge is -2.24. The van der Waals surface area contributed by atoms with E-state index < -0.39 is 0 Å². The molecule has 6 nitrogen and oxygen atoms in total. The maximum atomic E-state index is 5.08. The van der Waals surface area contributed by atoms with Crippen LogP contribution in [0.2, 0.25) is 0 Å². The molecule has 2 heterocycles. The van der Waals surface area contributed by atoms with Crippen molar-refractivity contribution >= 4 is 11.6 Å². The summed E-state index contributed by atoms with van der Waals surface area (Å²) >= 11 is 0. The van der Waals surface area contributed by atoms with Gasteiger partial charge in [-0.15, -0.1) is 0 Å². The zero-order valence-corrected chi connectivity index (χ0v) is 16.9. The standard InChI is InChI=1S/C22H27N5O/c1-5-27(16(2)3)15-17-7-6-8-18(13-17)20-11-12-23-22(26-20)25-19-9-10-21(28-4)24-14-19/h6-14,16H,5,15H2,1-4H3,(H,23,25,26). The van der Waals surface area contributed by atoms with Crippen LogP contribution in [0.5, 0.6) is 5.88 Å². The van der Waals surface area contributed by atoms with Crippen molar-refractivity contribution in [2.45, 2.75) is 33.4 Å². The van der Waals surface area contributed by atoms with Crippen molar-refractivity contribution in [1.29, 1.82) is 0 Å². The van der Waals surface area contributed by atoms with Gasteiger partial charge < -0.3 is 10.1 Å². The van der Waals surface area contributed by atoms with Crippen LogP contribution in [-0.4, -0.2) is 39.5 Å². The molecule has 0 aliphatic rings. The Morgan fingerprint density at radius 1 is 1.11 bits per heavy atom. The zero-order chi connectivity index (χ0) is 19.9. The Balaban J connectivity index is 1.78. The number of rotatable bonds is 8. The third kappa shape index (κ3) is 5.04. The van der Waals surface area contributed by atoms with Gasteiger partial charge in [-0.25, -0.2) is 15.0 Å². The first-order chi connectivity index (χ1) is 13.6. The summed E-state index contributed by atoms with van der Waals surface area (Å²) in [7, 11) is 1.59. The van der Waals surface area contributed by atoms with E-state index in [1.54, 1.807) is 25.6 Å². The Morgan fingerprint density at radius 2 is 1.96 bits per heavy atom. The Hall–Kier alpha value is -2.99. The molecule has 146 valence electrons. The SMILES string of the molecule is CCN(Cc1cccc(-c2ccnc(Nc3ccc(OC)nc3)n2)c1)C(C)C. The molecule has 0 atom stereocenters. The number of benzene rings is 1. The fraction of sp³-hybridized carbons (Fsp3) is 0.318. The second-order valence-electron chi connectivity index (χ2n) is 6.84. The van der Waals surface area contributed by atoms with Crippen molar-refractivity contribution in [1.82, 2.24) is 19.9 Å². The molecule has 0 bridgehead atoms. The average molecular weight is 377 g/mol. The largest absolute Gasteiger partial charge is 0.481 e. The summed E-state index contributed by atoms with van der Waals surface area (Å²) in [5.74, 6) is 1.10. The van der Waals surface area contributed by atoms with Crippen LogP contribution in [0.15, 0.2) is 54.9 Å². The minimum atomic E-state index is 0.515. The quantitative estimate of drug-likeness (QED) is 0.623. The van der Waals surface area contributed by atoms with Gasteiger partial charge in [-0.2, -0.15) is 0 Å². The number of hydrogen-bond donors (Lipinski definition) is 1. The summed E-state index contributed by atoms with van der Waals surface area (Å²) in [6.45, 7) is 8.60. The van der Waals surface area contributed by atoms with Crippen molar-refractivity contribution < 1.29 is 4.74 Å². The first kappa shape index (κ1) is 19.8. The van der Waals surface area contributed by atoms with Crippen LogP contribution in [0, 0.1) is 0 Å². The van der Waals surface area contributed by atoms with Crippen LogP contribution in [0.1, 0.15) is 26.3 Å². The number of anilines is 2. The van der Waals surface area contributed by atoms with Crippen LogP contribution in [0.3, 0.4) is 0 Å². The Bertz CT molecular complexity index is 895. The Morgan fingerprint density at radius 3 is 2.64 bits per heavy atom. The van der Waals surface area contributed by atoms with Gasteiger partial charge in [0.2, 0.25) is 11.8 Å². The van der Waals surface area contributed by atoms with Gasteiger partial charge in [0, 0.05) is 30.4 Å². The van der Waals surface area contributed by atoms with Crippen molar-refractivity contribution in [2.24, 2.45) is 0 Å². The van der Waals surface area contributed by atoms with Gasteiger partial charge in [0.15, 0.2) is 0 Å². The van der Waals surface area contributed by atoms with E-state index >= 15 is 0 Å². The molecule has 6 heteroatoms. The number of pyridine rings is 1. The molecule has 0 unspecified atom stereocenters. The maximum absolute atomic E-state index is 5.08. The second kappa shape index (κ2) is 9.28. The molecule has 1 N–H and O–H groups in total. The van der Waals surface area contributed by atoms with E-state index in [-0.39, 0.29) is 0 Å². The van der Waals surface area contributed by atoms with E-state index in [2.05, 4.69) is 70.2 Å². The molecule has 0 spiro atoms. The average Bonchev–Trinajstić information content (AvgIpc) is 2.73. The van der Waals surface area contributed by atoms with E-state index in [9.17, 15) is 0 Å². The number of nitrogens with zero attached hydrogens (tertiary/aromatic N) is 4. The topological polar surface area (TPSA) is 63.2 Å². The summed E-state index contributed by atoms with van der Waals surface area (Å²) in [6, 6.07) is 14.7. The highest BCUT2D eigenvalue weighted by Crippen LogP contribution is 2.22. The highest BCUT2D eigenvalue weighted by molar-refractivity contribution is 5.62. The fourth-order valence-corrected chi connectivity index (χ4v) is 3.01. The van der Waals surface area contributed by atoms with E-state index in [0.29, 0.717) is 17.9 Å². The zero-order valence-electron chi connectivity index (χ0n) is 16.9. The number of aromatic nitrogens is 3. The van der Waals surface area contributed by atoms with Gasteiger partial charge >= 0.3 is 0 Å². The fourth-order valence-electron chi connectivity index (χ4n) is 3.01. The van der Waals surface area contributed by atoms with Crippen LogP contribution < -0.4 is 10.1 Å². The van der Waals surface area contributed by atoms with Crippen molar-refractivity contribution in [3.63, 3.8) is 0 Å². The highest BCUT2D eigenvalue weighted by atomic mass is 16.5. The van der Waals surface area contributed by atoms with E-state index in [1.165, 1.54) is 5.56 Å². The molecular weight excluding hydrogens is 350 g/mol. The number of methoxy groups -OCH3 is 1. The van der Waals surface area contributed by atoms with E-state index in [0.717, 1.165) is 30.0 Å². The van der Waals surface area contributed by atoms with E-state index in [1.807, 2.05) is 12.1 Å². The lowest BCUT2D eigenvalue weighted by atomic mass is 10.1. The van der Waals surface area contributed by atoms with Gasteiger partial charge in [0.05, 0.1) is 24.7 Å². The van der Waals surface area contributed by atoms with Crippen LogP contribution in [0.4, 0.5) is 11.6 Å². The van der Waals surface area contributed by atoms with Crippen LogP contribution >= 0.6 is 0 Å². The summed E-state index contributed by atoms with van der Waals surface area (Å²) in [4.78, 5) is 15.6. The molecule has 0 fully saturated rings. The maximum Gasteiger partial charge on any atom is 0.227 e. The first-order valence-corrected chi connectivity index (χ1v) is 9.52. The van der Waals surface area contributed by atoms with Gasteiger partial charge in [0.1, 0.15) is 0 Å². The molecule has 0 saturated heterocycles. The lowest BCUT2D eigenvalue weighted by molar-refractivity contribution is 0.225. The molecular formula is C22H27N5O. The predicted molar refractivity (Wildman–Crippen MR) is 113 cm³/mol. The number of ether oxygens (including phenoxy) is 1. The normalized spacial score (nSPS) is 11.1. The molecule has 0 amide bonds. The third-order valence-electron chi connectivity index (χ3n) is 4.60. The predicted octanol–water partition coefficient (Wildman–Crippen LogP) is 4.52. The third-order valence-corrected chi connectivity index (χ3v) is 4.60. The number of nitrogens with one attached hydrogen (secondary N) is 1. The van der Waals surface area contributed by atoms with Crippen LogP contribution in [0.25, 0.3) is 11.3 Å². The minimum Gasteiger partial charge on any atom is -0.481 e. The van der Waals surface area contributed by atoms with Crippen molar-refractivity contribution in [3.05, 3.63) is 60.4 Å². The van der Waals surface area contributed by atoms with Crippen molar-refractivity contribution in [2.75, 3.05) is 19.0 Å². The molecule has 28 heavy (non-hydrogen) atoms. The van der Waals surface area contributed by atoms with Gasteiger partial charge in [0.25, 0.3) is 0 Å². The summed E-state index contributed by atoms with van der Waals surface area (Å²) in [5.41, 5.74) is 4.05. The van der Waals surface area contributed by atoms with E-state index in [4.69, 9.17) is 4.74 Å².